The van der Waals surface area contributed by atoms with Gasteiger partial charge in [0.1, 0.15) is 0 Å². The molecule has 0 radical (unpaired) electrons. The fraction of sp³-hybridized carbons (Fsp3) is 0.462. The van der Waals surface area contributed by atoms with Gasteiger partial charge >= 0.3 is 0 Å². The SMILES string of the molecule is CC(C)C(O)CNCc1ccccc1/C(N)=N/O. The topological polar surface area (TPSA) is 90.9 Å². The van der Waals surface area contributed by atoms with Gasteiger partial charge < -0.3 is 21.4 Å². The Morgan fingerprint density at radius 2 is 2.06 bits per heavy atom. The highest BCUT2D eigenvalue weighted by molar-refractivity contribution is 5.98. The van der Waals surface area contributed by atoms with E-state index in [1.807, 2.05) is 32.0 Å². The summed E-state index contributed by atoms with van der Waals surface area (Å²) < 4.78 is 0. The van der Waals surface area contributed by atoms with Crippen molar-refractivity contribution >= 4 is 5.84 Å². The molecule has 5 N–H and O–H groups in total. The first-order valence-electron chi connectivity index (χ1n) is 6.00. The number of hydrogen-bond acceptors (Lipinski definition) is 4. The first-order valence-corrected chi connectivity index (χ1v) is 6.00. The maximum atomic E-state index is 9.68. The van der Waals surface area contributed by atoms with Gasteiger partial charge in [-0.15, -0.1) is 0 Å². The van der Waals surface area contributed by atoms with Crippen molar-refractivity contribution in [2.45, 2.75) is 26.5 Å². The third kappa shape index (κ3) is 4.01. The summed E-state index contributed by atoms with van der Waals surface area (Å²) in [5.41, 5.74) is 7.23. The molecule has 0 spiro atoms. The Morgan fingerprint density at radius 1 is 1.39 bits per heavy atom. The molecule has 0 aliphatic rings. The average molecular weight is 251 g/mol. The van der Waals surface area contributed by atoms with E-state index in [9.17, 15) is 5.11 Å². The summed E-state index contributed by atoms with van der Waals surface area (Å²) in [6, 6.07) is 7.43. The molecule has 0 amide bonds. The van der Waals surface area contributed by atoms with Crippen LogP contribution in [0.5, 0.6) is 0 Å². The van der Waals surface area contributed by atoms with Gasteiger partial charge in [-0.05, 0) is 11.5 Å². The molecule has 0 aliphatic heterocycles. The standard InChI is InChI=1S/C13H21N3O2/c1-9(2)12(17)8-15-7-10-5-3-4-6-11(10)13(14)16-18/h3-6,9,12,15,17-18H,7-8H2,1-2H3,(H2,14,16). The largest absolute Gasteiger partial charge is 0.409 e. The number of benzene rings is 1. The van der Waals surface area contributed by atoms with E-state index in [-0.39, 0.29) is 17.9 Å². The monoisotopic (exact) mass is 251 g/mol. The van der Waals surface area contributed by atoms with Gasteiger partial charge in [-0.3, -0.25) is 0 Å². The van der Waals surface area contributed by atoms with Crippen LogP contribution < -0.4 is 11.1 Å². The molecule has 18 heavy (non-hydrogen) atoms. The summed E-state index contributed by atoms with van der Waals surface area (Å²) >= 11 is 0. The zero-order valence-corrected chi connectivity index (χ0v) is 10.8. The van der Waals surface area contributed by atoms with Crippen molar-refractivity contribution in [1.82, 2.24) is 5.32 Å². The second kappa shape index (κ2) is 6.98. The number of amidine groups is 1. The van der Waals surface area contributed by atoms with Crippen LogP contribution >= 0.6 is 0 Å². The van der Waals surface area contributed by atoms with Crippen LogP contribution in [0.25, 0.3) is 0 Å². The lowest BCUT2D eigenvalue weighted by molar-refractivity contribution is 0.123. The van der Waals surface area contributed by atoms with E-state index in [1.165, 1.54) is 0 Å². The van der Waals surface area contributed by atoms with Crippen molar-refractivity contribution in [3.63, 3.8) is 0 Å². The van der Waals surface area contributed by atoms with Gasteiger partial charge in [-0.1, -0.05) is 43.3 Å². The van der Waals surface area contributed by atoms with Crippen molar-refractivity contribution in [2.75, 3.05) is 6.54 Å². The summed E-state index contributed by atoms with van der Waals surface area (Å²) in [7, 11) is 0. The highest BCUT2D eigenvalue weighted by atomic mass is 16.4. The Morgan fingerprint density at radius 3 is 2.67 bits per heavy atom. The van der Waals surface area contributed by atoms with Crippen LogP contribution in [0.2, 0.25) is 0 Å². The third-order valence-corrected chi connectivity index (χ3v) is 2.84. The van der Waals surface area contributed by atoms with Crippen LogP contribution in [0.1, 0.15) is 25.0 Å². The minimum Gasteiger partial charge on any atom is -0.409 e. The van der Waals surface area contributed by atoms with Crippen LogP contribution in [0.15, 0.2) is 29.4 Å². The van der Waals surface area contributed by atoms with E-state index in [1.54, 1.807) is 6.07 Å². The number of nitrogens with one attached hydrogen (secondary N) is 1. The molecule has 1 unspecified atom stereocenters. The Balaban J connectivity index is 2.62. The summed E-state index contributed by atoms with van der Waals surface area (Å²) in [5, 5.41) is 24.5. The van der Waals surface area contributed by atoms with E-state index in [0.717, 1.165) is 5.56 Å². The number of aliphatic hydroxyl groups excluding tert-OH is 1. The maximum Gasteiger partial charge on any atom is 0.170 e. The summed E-state index contributed by atoms with van der Waals surface area (Å²) in [5.74, 6) is 0.314. The van der Waals surface area contributed by atoms with Gasteiger partial charge in [0.25, 0.3) is 0 Å². The van der Waals surface area contributed by atoms with E-state index < -0.39 is 0 Å². The van der Waals surface area contributed by atoms with Gasteiger partial charge in [0, 0.05) is 18.7 Å². The molecule has 1 rings (SSSR count). The lowest BCUT2D eigenvalue weighted by Gasteiger charge is -2.16. The first kappa shape index (κ1) is 14.5. The van der Waals surface area contributed by atoms with Crippen molar-refractivity contribution in [1.29, 1.82) is 0 Å². The molecule has 1 atom stereocenters. The Hall–Kier alpha value is -1.59. The molecule has 0 aliphatic carbocycles. The lowest BCUT2D eigenvalue weighted by atomic mass is 10.1. The third-order valence-electron chi connectivity index (χ3n) is 2.84. The van der Waals surface area contributed by atoms with Gasteiger partial charge in [0.2, 0.25) is 0 Å². The number of hydrogen-bond donors (Lipinski definition) is 4. The number of aliphatic hydroxyl groups is 1. The van der Waals surface area contributed by atoms with Gasteiger partial charge in [0.05, 0.1) is 6.10 Å². The molecule has 0 saturated carbocycles. The molecule has 1 aromatic carbocycles. The van der Waals surface area contributed by atoms with Crippen molar-refractivity contribution in [3.8, 4) is 0 Å². The molecule has 0 fully saturated rings. The number of nitrogens with two attached hydrogens (primary N) is 1. The molecular formula is C13H21N3O2. The lowest BCUT2D eigenvalue weighted by Crippen LogP contribution is -2.30. The Labute approximate surface area is 107 Å². The van der Waals surface area contributed by atoms with Crippen LogP contribution in [-0.4, -0.2) is 28.8 Å². The molecule has 5 nitrogen and oxygen atoms in total. The Kier molecular flexibility index (Phi) is 5.61. The van der Waals surface area contributed by atoms with E-state index in [2.05, 4.69) is 10.5 Å². The van der Waals surface area contributed by atoms with Crippen LogP contribution in [-0.2, 0) is 6.54 Å². The normalized spacial score (nSPS) is 13.9. The van der Waals surface area contributed by atoms with E-state index >= 15 is 0 Å². The summed E-state index contributed by atoms with van der Waals surface area (Å²) in [6.07, 6.45) is -0.374. The van der Waals surface area contributed by atoms with Gasteiger partial charge in [0.15, 0.2) is 5.84 Å². The fourth-order valence-electron chi connectivity index (χ4n) is 1.57. The second-order valence-corrected chi connectivity index (χ2v) is 4.58. The van der Waals surface area contributed by atoms with Crippen LogP contribution in [0.4, 0.5) is 0 Å². The van der Waals surface area contributed by atoms with Crippen LogP contribution in [0, 0.1) is 5.92 Å². The quantitative estimate of drug-likeness (QED) is 0.261. The molecular weight excluding hydrogens is 230 g/mol. The van der Waals surface area contributed by atoms with E-state index in [4.69, 9.17) is 10.9 Å². The minimum absolute atomic E-state index is 0.0943. The number of rotatable bonds is 6. The molecule has 0 heterocycles. The number of nitrogens with zero attached hydrogens (tertiary/aromatic N) is 1. The zero-order valence-electron chi connectivity index (χ0n) is 10.8. The molecule has 0 aromatic heterocycles. The highest BCUT2D eigenvalue weighted by Crippen LogP contribution is 2.08. The Bertz CT molecular complexity index is 405. The molecule has 5 heteroatoms. The zero-order chi connectivity index (χ0) is 13.5. The predicted molar refractivity (Wildman–Crippen MR) is 71.5 cm³/mol. The first-order chi connectivity index (χ1) is 8.56. The summed E-state index contributed by atoms with van der Waals surface area (Å²) in [6.45, 7) is 5.02. The predicted octanol–water partition coefficient (Wildman–Crippen LogP) is 0.888. The summed E-state index contributed by atoms with van der Waals surface area (Å²) in [4.78, 5) is 0. The van der Waals surface area contributed by atoms with Gasteiger partial charge in [-0.2, -0.15) is 0 Å². The van der Waals surface area contributed by atoms with E-state index in [0.29, 0.717) is 18.7 Å². The van der Waals surface area contributed by atoms with Crippen molar-refractivity contribution in [2.24, 2.45) is 16.8 Å². The van der Waals surface area contributed by atoms with Crippen molar-refractivity contribution < 1.29 is 10.3 Å². The van der Waals surface area contributed by atoms with Gasteiger partial charge in [-0.25, -0.2) is 0 Å². The second-order valence-electron chi connectivity index (χ2n) is 4.58. The highest BCUT2D eigenvalue weighted by Gasteiger charge is 2.10. The average Bonchev–Trinajstić information content (AvgIpc) is 2.38. The number of oxime groups is 1. The minimum atomic E-state index is -0.374. The molecule has 1 aromatic rings. The fourth-order valence-corrected chi connectivity index (χ4v) is 1.57. The van der Waals surface area contributed by atoms with Crippen LogP contribution in [0.3, 0.4) is 0 Å². The smallest absolute Gasteiger partial charge is 0.170 e. The van der Waals surface area contributed by atoms with Crippen molar-refractivity contribution in [3.05, 3.63) is 35.4 Å². The molecule has 0 saturated heterocycles. The molecule has 100 valence electrons. The molecule has 0 bridgehead atoms. The maximum absolute atomic E-state index is 9.68.